The molecule has 0 spiro atoms. The molecule has 2 aromatic rings. The predicted molar refractivity (Wildman–Crippen MR) is 72.4 cm³/mol. The van der Waals surface area contributed by atoms with Gasteiger partial charge in [-0.05, 0) is 30.3 Å². The van der Waals surface area contributed by atoms with E-state index >= 15 is 0 Å². The molecule has 2 aromatic carbocycles. The Bertz CT molecular complexity index is 603. The van der Waals surface area contributed by atoms with Crippen LogP contribution in [0.25, 0.3) is 0 Å². The molecule has 0 aromatic heterocycles. The third-order valence-electron chi connectivity index (χ3n) is 2.42. The van der Waals surface area contributed by atoms with E-state index in [0.29, 0.717) is 21.2 Å². The second-order valence-corrected chi connectivity index (χ2v) is 5.69. The van der Waals surface area contributed by atoms with Gasteiger partial charge in [0.2, 0.25) is 0 Å². The summed E-state index contributed by atoms with van der Waals surface area (Å²) in [5, 5.41) is 0.325. The fraction of sp³-hybridized carbons (Fsp3) is 0.0769. The monoisotopic (exact) mass is 283 g/mol. The Hall–Kier alpha value is -1.39. The molecule has 2 nitrogen and oxygen atoms in total. The molecule has 0 aliphatic heterocycles. The Kier molecular flexibility index (Phi) is 3.99. The van der Waals surface area contributed by atoms with Crippen molar-refractivity contribution >= 4 is 28.1 Å². The first kappa shape index (κ1) is 13.1. The lowest BCUT2D eigenvalue weighted by Crippen LogP contribution is -1.99. The van der Waals surface area contributed by atoms with Gasteiger partial charge in [-0.1, -0.05) is 23.7 Å². The highest BCUT2D eigenvalue weighted by Crippen LogP contribution is 2.19. The van der Waals surface area contributed by atoms with Gasteiger partial charge in [-0.25, -0.2) is 4.39 Å². The van der Waals surface area contributed by atoms with Crippen molar-refractivity contribution in [2.24, 2.45) is 0 Å². The van der Waals surface area contributed by atoms with Gasteiger partial charge >= 0.3 is 0 Å². The van der Waals surface area contributed by atoms with Crippen molar-refractivity contribution in [3.05, 3.63) is 58.9 Å². The summed E-state index contributed by atoms with van der Waals surface area (Å²) < 4.78 is 25.6. The van der Waals surface area contributed by atoms with Crippen molar-refractivity contribution in [1.29, 1.82) is 0 Å². The Morgan fingerprint density at radius 3 is 2.67 bits per heavy atom. The van der Waals surface area contributed by atoms with Crippen molar-refractivity contribution < 1.29 is 8.60 Å². The van der Waals surface area contributed by atoms with E-state index in [1.165, 1.54) is 6.07 Å². The summed E-state index contributed by atoms with van der Waals surface area (Å²) in [6.07, 6.45) is 0. The molecule has 0 amide bonds. The van der Waals surface area contributed by atoms with Crippen LogP contribution in [-0.4, -0.2) is 4.21 Å². The molecular weight excluding hydrogens is 273 g/mol. The van der Waals surface area contributed by atoms with Gasteiger partial charge in [-0.15, -0.1) is 0 Å². The highest BCUT2D eigenvalue weighted by atomic mass is 35.5. The molecule has 0 saturated heterocycles. The van der Waals surface area contributed by atoms with E-state index in [1.807, 2.05) is 0 Å². The summed E-state index contributed by atoms with van der Waals surface area (Å²) in [7, 11) is -1.32. The molecule has 0 saturated carbocycles. The minimum atomic E-state index is -1.32. The molecule has 0 aliphatic rings. The zero-order valence-corrected chi connectivity index (χ0v) is 11.0. The number of benzene rings is 2. The lowest BCUT2D eigenvalue weighted by atomic mass is 10.2. The average Bonchev–Trinajstić information content (AvgIpc) is 2.32. The van der Waals surface area contributed by atoms with Gasteiger partial charge in [-0.3, -0.25) is 4.21 Å². The molecule has 0 radical (unpaired) electrons. The molecule has 5 heteroatoms. The third kappa shape index (κ3) is 3.09. The Morgan fingerprint density at radius 2 is 2.00 bits per heavy atom. The molecule has 2 N–H and O–H groups in total. The number of hydrogen-bond acceptors (Lipinski definition) is 2. The topological polar surface area (TPSA) is 43.1 Å². The number of rotatable bonds is 3. The van der Waals surface area contributed by atoms with Crippen molar-refractivity contribution in [2.45, 2.75) is 10.6 Å². The Balaban J connectivity index is 2.21. The normalized spacial score (nSPS) is 12.3. The molecule has 94 valence electrons. The fourth-order valence-electron chi connectivity index (χ4n) is 1.52. The van der Waals surface area contributed by atoms with E-state index in [0.717, 1.165) is 0 Å². The zero-order chi connectivity index (χ0) is 13.1. The quantitative estimate of drug-likeness (QED) is 0.878. The summed E-state index contributed by atoms with van der Waals surface area (Å²) in [6, 6.07) is 11.1. The van der Waals surface area contributed by atoms with Crippen LogP contribution in [0, 0.1) is 5.82 Å². The molecular formula is C13H11ClFNOS. The van der Waals surface area contributed by atoms with E-state index in [9.17, 15) is 8.60 Å². The van der Waals surface area contributed by atoms with Crippen LogP contribution in [0.2, 0.25) is 5.02 Å². The second-order valence-electron chi connectivity index (χ2n) is 3.80. The maximum absolute atomic E-state index is 13.6. The molecule has 2 rings (SSSR count). The summed E-state index contributed by atoms with van der Waals surface area (Å²) in [6.45, 7) is 0. The first-order valence-electron chi connectivity index (χ1n) is 5.24. The number of hydrogen-bond donors (Lipinski definition) is 1. The average molecular weight is 284 g/mol. The molecule has 0 fully saturated rings. The van der Waals surface area contributed by atoms with Gasteiger partial charge < -0.3 is 5.73 Å². The second kappa shape index (κ2) is 5.50. The zero-order valence-electron chi connectivity index (χ0n) is 9.40. The lowest BCUT2D eigenvalue weighted by Gasteiger charge is -2.05. The van der Waals surface area contributed by atoms with Crippen molar-refractivity contribution in [3.63, 3.8) is 0 Å². The van der Waals surface area contributed by atoms with Crippen LogP contribution >= 0.6 is 11.6 Å². The number of nitrogens with two attached hydrogens (primary N) is 1. The third-order valence-corrected chi connectivity index (χ3v) is 4.01. The van der Waals surface area contributed by atoms with Crippen LogP contribution in [0.5, 0.6) is 0 Å². The van der Waals surface area contributed by atoms with Crippen LogP contribution in [0.3, 0.4) is 0 Å². The maximum Gasteiger partial charge on any atom is 0.128 e. The molecule has 18 heavy (non-hydrogen) atoms. The molecule has 0 aliphatic carbocycles. The highest BCUT2D eigenvalue weighted by molar-refractivity contribution is 7.84. The lowest BCUT2D eigenvalue weighted by molar-refractivity contribution is 0.615. The molecule has 1 atom stereocenters. The molecule has 0 bridgehead atoms. The number of anilines is 1. The first-order chi connectivity index (χ1) is 8.56. The van der Waals surface area contributed by atoms with E-state index in [4.69, 9.17) is 17.3 Å². The summed E-state index contributed by atoms with van der Waals surface area (Å²) in [5.74, 6) is -0.341. The smallest absolute Gasteiger partial charge is 0.128 e. The number of halogens is 2. The summed E-state index contributed by atoms with van der Waals surface area (Å²) in [4.78, 5) is 0.587. The van der Waals surface area contributed by atoms with E-state index in [2.05, 4.69) is 0 Å². The predicted octanol–water partition coefficient (Wildman–Crippen LogP) is 3.37. The van der Waals surface area contributed by atoms with Crippen molar-refractivity contribution in [1.82, 2.24) is 0 Å². The molecule has 0 heterocycles. The van der Waals surface area contributed by atoms with Crippen LogP contribution in [0.15, 0.2) is 47.4 Å². The Labute approximate surface area is 112 Å². The van der Waals surface area contributed by atoms with Gasteiger partial charge in [0.1, 0.15) is 5.82 Å². The fourth-order valence-corrected chi connectivity index (χ4v) is 2.86. The standard InChI is InChI=1S/C13H11ClFNOS/c14-10-5-4-9(13(15)6-10)8-18(17)12-3-1-2-11(16)7-12/h1-7H,8,16H2. The van der Waals surface area contributed by atoms with Gasteiger partial charge in [-0.2, -0.15) is 0 Å². The Morgan fingerprint density at radius 1 is 1.22 bits per heavy atom. The minimum Gasteiger partial charge on any atom is -0.399 e. The van der Waals surface area contributed by atoms with Crippen LogP contribution in [0.4, 0.5) is 10.1 Å². The highest BCUT2D eigenvalue weighted by Gasteiger charge is 2.09. The molecule has 1 unspecified atom stereocenters. The van der Waals surface area contributed by atoms with Gasteiger partial charge in [0.05, 0.1) is 16.6 Å². The van der Waals surface area contributed by atoms with Crippen LogP contribution < -0.4 is 5.73 Å². The van der Waals surface area contributed by atoms with E-state index < -0.39 is 16.6 Å². The van der Waals surface area contributed by atoms with Crippen LogP contribution in [-0.2, 0) is 16.6 Å². The van der Waals surface area contributed by atoms with E-state index in [1.54, 1.807) is 36.4 Å². The van der Waals surface area contributed by atoms with Crippen molar-refractivity contribution in [3.8, 4) is 0 Å². The van der Waals surface area contributed by atoms with Crippen LogP contribution in [0.1, 0.15) is 5.56 Å². The summed E-state index contributed by atoms with van der Waals surface area (Å²) >= 11 is 5.66. The van der Waals surface area contributed by atoms with Gasteiger partial charge in [0, 0.05) is 21.2 Å². The number of nitrogen functional groups attached to an aromatic ring is 1. The summed E-state index contributed by atoms with van der Waals surface area (Å²) in [5.41, 5.74) is 6.53. The maximum atomic E-state index is 13.6. The largest absolute Gasteiger partial charge is 0.399 e. The van der Waals surface area contributed by atoms with Gasteiger partial charge in [0.15, 0.2) is 0 Å². The minimum absolute atomic E-state index is 0.104. The van der Waals surface area contributed by atoms with Gasteiger partial charge in [0.25, 0.3) is 0 Å². The SMILES string of the molecule is Nc1cccc(S(=O)Cc2ccc(Cl)cc2F)c1. The van der Waals surface area contributed by atoms with Crippen molar-refractivity contribution in [2.75, 3.05) is 5.73 Å². The first-order valence-corrected chi connectivity index (χ1v) is 6.94. The van der Waals surface area contributed by atoms with E-state index in [-0.39, 0.29) is 5.75 Å².